The lowest BCUT2D eigenvalue weighted by Crippen LogP contribution is -2.37. The number of nitrogens with one attached hydrogen (secondary N) is 2. The van der Waals surface area contributed by atoms with Crippen molar-refractivity contribution in [3.8, 4) is 5.30 Å². The van der Waals surface area contributed by atoms with Crippen LogP contribution in [0.5, 0.6) is 0 Å². The summed E-state index contributed by atoms with van der Waals surface area (Å²) in [6.45, 7) is 0. The van der Waals surface area contributed by atoms with Crippen molar-refractivity contribution in [2.45, 2.75) is 0 Å². The molecule has 1 aromatic heterocycles. The number of benzene rings is 4. The summed E-state index contributed by atoms with van der Waals surface area (Å²) in [5.74, 6) is -0.738. The van der Waals surface area contributed by atoms with Gasteiger partial charge in [-0.05, 0) is 48.5 Å². The van der Waals surface area contributed by atoms with Gasteiger partial charge in [0.1, 0.15) is 21.2 Å². The largest absolute Gasteiger partial charge is 0.465 e. The second-order valence-electron chi connectivity index (χ2n) is 8.65. The first-order chi connectivity index (χ1) is 19.1. The van der Waals surface area contributed by atoms with Gasteiger partial charge < -0.3 is 9.47 Å². The number of methoxy groups -OCH3 is 2. The van der Waals surface area contributed by atoms with Crippen LogP contribution in [0.4, 0.5) is 5.82 Å². The number of aromatic nitrogens is 1. The van der Waals surface area contributed by atoms with Gasteiger partial charge in [0.15, 0.2) is 5.56 Å². The molecule has 5 rings (SSSR count). The summed E-state index contributed by atoms with van der Waals surface area (Å²) in [4.78, 5) is 26.6. The summed E-state index contributed by atoms with van der Waals surface area (Å²) in [5.41, 5.74) is 0.159. The lowest BCUT2D eigenvalue weighted by molar-refractivity contribution is -0.271. The fraction of sp³-hybridized carbons (Fsp3) is 0.0645. The number of carbonyl (C=O) groups is 2. The average molecular weight is 555 g/mol. The van der Waals surface area contributed by atoms with E-state index in [1.165, 1.54) is 14.2 Å². The van der Waals surface area contributed by atoms with E-state index >= 15 is 0 Å². The highest BCUT2D eigenvalue weighted by Crippen LogP contribution is 2.56. The minimum atomic E-state index is -2.61. The van der Waals surface area contributed by atoms with E-state index in [9.17, 15) is 9.59 Å². The van der Waals surface area contributed by atoms with E-state index < -0.39 is 27.0 Å². The molecule has 0 bridgehead atoms. The Morgan fingerprint density at radius 3 is 1.46 bits per heavy atom. The quantitative estimate of drug-likeness (QED) is 0.206. The highest BCUT2D eigenvalue weighted by atomic mass is 31.2. The maximum atomic E-state index is 13.4. The number of esters is 2. The molecule has 1 atom stereocenters. The summed E-state index contributed by atoms with van der Waals surface area (Å²) < 4.78 is 13.9. The molecule has 0 saturated heterocycles. The molecule has 0 aliphatic heterocycles. The maximum Gasteiger partial charge on any atom is 0.347 e. The van der Waals surface area contributed by atoms with E-state index in [-0.39, 0.29) is 10.9 Å². The molecule has 6 nitrogen and oxygen atoms in total. The van der Waals surface area contributed by atoms with Gasteiger partial charge >= 0.3 is 17.8 Å². The minimum absolute atomic E-state index is 0.159. The first-order valence-electron chi connectivity index (χ1n) is 12.3. The van der Waals surface area contributed by atoms with Gasteiger partial charge in [-0.15, -0.1) is 5.09 Å². The normalized spacial score (nSPS) is 11.5. The van der Waals surface area contributed by atoms with Gasteiger partial charge in [0.25, 0.3) is 7.41 Å². The Balaban J connectivity index is 1.85. The third-order valence-electron chi connectivity index (χ3n) is 6.43. The molecule has 4 aromatic carbocycles. The summed E-state index contributed by atoms with van der Waals surface area (Å²) in [5, 5.41) is 8.16. The molecule has 0 amide bonds. The molecule has 194 valence electrons. The van der Waals surface area contributed by atoms with Crippen LogP contribution in [0.15, 0.2) is 121 Å². The molecular formula is C31H28N2O4P2+2. The molecule has 1 heterocycles. The van der Waals surface area contributed by atoms with E-state index in [2.05, 4.69) is 46.2 Å². The van der Waals surface area contributed by atoms with Gasteiger partial charge in [-0.25, -0.2) is 14.3 Å². The van der Waals surface area contributed by atoms with E-state index in [4.69, 9.17) is 9.47 Å². The van der Waals surface area contributed by atoms with Crippen LogP contribution in [0.2, 0.25) is 0 Å². The average Bonchev–Trinajstić information content (AvgIpc) is 3.39. The Morgan fingerprint density at radius 2 is 1.05 bits per heavy atom. The van der Waals surface area contributed by atoms with Crippen LogP contribution in [0.3, 0.4) is 0 Å². The minimum Gasteiger partial charge on any atom is -0.465 e. The van der Waals surface area contributed by atoms with E-state index in [0.717, 1.165) is 21.2 Å². The molecule has 0 aliphatic carbocycles. The predicted molar refractivity (Wildman–Crippen MR) is 158 cm³/mol. The Bertz CT molecular complexity index is 1480. The standard InChI is InChI=1S/C31H27N2O4P2/c1-36-30(34)27-28(31(35)37-2)38(23-15-7-3-8-16-23)32-29(27)33-39(24-17-9-4-10-18-24,25-19-11-5-12-20-25)26-21-13-6-14-22-26/h3-22H,1-2H3,(H,32,33)/q+1/p+1. The fourth-order valence-corrected chi connectivity index (χ4v) is 10.5. The first-order valence-corrected chi connectivity index (χ1v) is 15.5. The number of rotatable bonds is 8. The van der Waals surface area contributed by atoms with Crippen molar-refractivity contribution < 1.29 is 23.8 Å². The van der Waals surface area contributed by atoms with Gasteiger partial charge in [-0.3, -0.25) is 0 Å². The van der Waals surface area contributed by atoms with Crippen molar-refractivity contribution in [1.29, 1.82) is 0 Å². The molecule has 2 N–H and O–H groups in total. The van der Waals surface area contributed by atoms with Crippen LogP contribution in [0.25, 0.3) is 5.30 Å². The van der Waals surface area contributed by atoms with Crippen molar-refractivity contribution in [3.05, 3.63) is 132 Å². The third-order valence-corrected chi connectivity index (χ3v) is 12.3. The predicted octanol–water partition coefficient (Wildman–Crippen LogP) is 5.37. The van der Waals surface area contributed by atoms with Gasteiger partial charge in [0.05, 0.1) is 21.9 Å². The molecule has 0 fully saturated rings. The second-order valence-corrected chi connectivity index (χ2v) is 13.6. The molecule has 0 spiro atoms. The van der Waals surface area contributed by atoms with Crippen LogP contribution in [-0.4, -0.2) is 26.2 Å². The summed E-state index contributed by atoms with van der Waals surface area (Å²) in [7, 11) is -1.42. The van der Waals surface area contributed by atoms with Crippen molar-refractivity contribution in [2.75, 3.05) is 19.3 Å². The summed E-state index contributed by atoms with van der Waals surface area (Å²) in [6, 6.07) is 40.2. The Morgan fingerprint density at radius 1 is 0.641 bits per heavy atom. The van der Waals surface area contributed by atoms with Gasteiger partial charge in [-0.1, -0.05) is 72.8 Å². The number of hydrogen-bond acceptors (Lipinski definition) is 5. The highest BCUT2D eigenvalue weighted by Gasteiger charge is 2.53. The topological polar surface area (TPSA) is 78.8 Å². The van der Waals surface area contributed by atoms with Crippen LogP contribution in [0, 0.1) is 0 Å². The van der Waals surface area contributed by atoms with Crippen LogP contribution >= 0.6 is 15.1 Å². The van der Waals surface area contributed by atoms with Crippen LogP contribution < -0.4 is 25.7 Å². The van der Waals surface area contributed by atoms with Gasteiger partial charge in [-0.2, -0.15) is 0 Å². The Hall–Kier alpha value is -4.24. The number of H-pyrrole nitrogens is 1. The first kappa shape index (κ1) is 26.4. The Labute approximate surface area is 229 Å². The monoisotopic (exact) mass is 554 g/mol. The zero-order chi connectivity index (χ0) is 27.2. The summed E-state index contributed by atoms with van der Waals surface area (Å²) >= 11 is 0. The number of hydrogen-bond donors (Lipinski definition) is 1. The molecule has 0 saturated carbocycles. The highest BCUT2D eigenvalue weighted by molar-refractivity contribution is 7.96. The van der Waals surface area contributed by atoms with Crippen molar-refractivity contribution in [1.82, 2.24) is 0 Å². The Kier molecular flexibility index (Phi) is 7.88. The van der Waals surface area contributed by atoms with E-state index in [1.807, 2.05) is 84.9 Å². The number of aromatic amines is 1. The third kappa shape index (κ3) is 4.97. The second kappa shape index (κ2) is 11.7. The van der Waals surface area contributed by atoms with E-state index in [0.29, 0.717) is 5.82 Å². The van der Waals surface area contributed by atoms with Crippen molar-refractivity contribution >= 4 is 48.8 Å². The molecule has 5 aromatic rings. The lowest BCUT2D eigenvalue weighted by Gasteiger charge is -2.23. The van der Waals surface area contributed by atoms with Crippen molar-refractivity contribution in [2.24, 2.45) is 0 Å². The summed E-state index contributed by atoms with van der Waals surface area (Å²) in [6.07, 6.45) is 0. The smallest absolute Gasteiger partial charge is 0.347 e. The zero-order valence-corrected chi connectivity index (χ0v) is 23.4. The molecule has 1 unspecified atom stereocenters. The SMILES string of the molecule is COC(=O)c1c(N[P+](c2ccccc2)(c2ccccc2)c2ccccc2)[nH+]p(-c2ccccc2)c1C(=O)OC. The molecule has 8 heteroatoms. The van der Waals surface area contributed by atoms with Crippen molar-refractivity contribution in [3.63, 3.8) is 0 Å². The molecule has 0 aliphatic rings. The van der Waals surface area contributed by atoms with Gasteiger partial charge in [0.2, 0.25) is 0 Å². The maximum absolute atomic E-state index is 13.4. The fourth-order valence-electron chi connectivity index (χ4n) is 4.66. The molecule has 0 radical (unpaired) electrons. The number of ether oxygens (including phenoxy) is 2. The molecular weight excluding hydrogens is 526 g/mol. The van der Waals surface area contributed by atoms with Crippen LogP contribution in [-0.2, 0) is 9.47 Å². The number of carbonyl (C=O) groups excluding carboxylic acids is 2. The lowest BCUT2D eigenvalue weighted by atomic mass is 10.2. The van der Waals surface area contributed by atoms with Crippen LogP contribution in [0.1, 0.15) is 20.4 Å². The van der Waals surface area contributed by atoms with Gasteiger partial charge in [0, 0.05) is 5.30 Å². The number of anilines is 1. The molecule has 39 heavy (non-hydrogen) atoms. The van der Waals surface area contributed by atoms with E-state index in [1.54, 1.807) is 0 Å². The zero-order valence-electron chi connectivity index (χ0n) is 21.6.